The van der Waals surface area contributed by atoms with Gasteiger partial charge in [-0.2, -0.15) is 0 Å². The van der Waals surface area contributed by atoms with Crippen molar-refractivity contribution in [1.29, 1.82) is 0 Å². The van der Waals surface area contributed by atoms with E-state index in [2.05, 4.69) is 10.6 Å². The van der Waals surface area contributed by atoms with Crippen molar-refractivity contribution in [3.05, 3.63) is 90.5 Å². The van der Waals surface area contributed by atoms with E-state index in [1.165, 1.54) is 18.9 Å². The standard InChI is InChI=1S/C28H26N2O4S/c1-18(27(31)30-24-10-6-8-19-7-4-5-9-23(19)24)35-22-14-12-21(13-15-22)29-28(32)20-11-16-25(33-2)26(17-20)34-3/h4-18H,1-3H3,(H,29,32)(H,30,31). The van der Waals surface area contributed by atoms with Crippen LogP contribution in [0, 0.1) is 0 Å². The lowest BCUT2D eigenvalue weighted by molar-refractivity contribution is -0.115. The van der Waals surface area contributed by atoms with Crippen LogP contribution in [0.4, 0.5) is 11.4 Å². The van der Waals surface area contributed by atoms with E-state index >= 15 is 0 Å². The van der Waals surface area contributed by atoms with Crippen LogP contribution in [-0.4, -0.2) is 31.3 Å². The van der Waals surface area contributed by atoms with Gasteiger partial charge in [0.25, 0.3) is 5.91 Å². The summed E-state index contributed by atoms with van der Waals surface area (Å²) in [4.78, 5) is 26.4. The number of carbonyl (C=O) groups is 2. The molecule has 1 atom stereocenters. The van der Waals surface area contributed by atoms with E-state index in [0.29, 0.717) is 22.7 Å². The number of methoxy groups -OCH3 is 2. The van der Waals surface area contributed by atoms with E-state index < -0.39 is 0 Å². The van der Waals surface area contributed by atoms with E-state index in [9.17, 15) is 9.59 Å². The summed E-state index contributed by atoms with van der Waals surface area (Å²) < 4.78 is 10.5. The first kappa shape index (κ1) is 24.2. The largest absolute Gasteiger partial charge is 0.493 e. The second-order valence-electron chi connectivity index (χ2n) is 7.82. The van der Waals surface area contributed by atoms with Crippen LogP contribution >= 0.6 is 11.8 Å². The number of benzene rings is 4. The number of thioether (sulfide) groups is 1. The third-order valence-corrected chi connectivity index (χ3v) is 6.60. The molecule has 35 heavy (non-hydrogen) atoms. The molecule has 0 aliphatic heterocycles. The third kappa shape index (κ3) is 5.75. The molecule has 0 aromatic heterocycles. The molecule has 0 saturated carbocycles. The van der Waals surface area contributed by atoms with Crippen LogP contribution in [0.1, 0.15) is 17.3 Å². The zero-order valence-electron chi connectivity index (χ0n) is 19.7. The first-order chi connectivity index (χ1) is 17.0. The van der Waals surface area contributed by atoms with Crippen LogP contribution in [0.3, 0.4) is 0 Å². The second kappa shape index (κ2) is 11.0. The quantitative estimate of drug-likeness (QED) is 0.289. The van der Waals surface area contributed by atoms with Crippen LogP contribution in [0.2, 0.25) is 0 Å². The number of amides is 2. The van der Waals surface area contributed by atoms with E-state index in [1.807, 2.05) is 73.7 Å². The van der Waals surface area contributed by atoms with Gasteiger partial charge in [0.05, 0.1) is 19.5 Å². The van der Waals surface area contributed by atoms with E-state index in [1.54, 1.807) is 25.3 Å². The van der Waals surface area contributed by atoms with Crippen molar-refractivity contribution in [3.8, 4) is 11.5 Å². The van der Waals surface area contributed by atoms with E-state index in [4.69, 9.17) is 9.47 Å². The fraction of sp³-hybridized carbons (Fsp3) is 0.143. The lowest BCUT2D eigenvalue weighted by atomic mass is 10.1. The minimum atomic E-state index is -0.304. The average molecular weight is 487 g/mol. The van der Waals surface area contributed by atoms with Crippen molar-refractivity contribution in [2.45, 2.75) is 17.1 Å². The fourth-order valence-corrected chi connectivity index (χ4v) is 4.49. The van der Waals surface area contributed by atoms with Crippen LogP contribution in [0.15, 0.2) is 89.8 Å². The minimum absolute atomic E-state index is 0.0721. The van der Waals surface area contributed by atoms with Gasteiger partial charge >= 0.3 is 0 Å². The highest BCUT2D eigenvalue weighted by molar-refractivity contribution is 8.00. The van der Waals surface area contributed by atoms with Crippen molar-refractivity contribution >= 4 is 45.7 Å². The summed E-state index contributed by atoms with van der Waals surface area (Å²) in [6.45, 7) is 1.87. The van der Waals surface area contributed by atoms with E-state index in [-0.39, 0.29) is 17.1 Å². The Hall–Kier alpha value is -3.97. The zero-order chi connectivity index (χ0) is 24.8. The van der Waals surface area contributed by atoms with Crippen LogP contribution in [0.5, 0.6) is 11.5 Å². The maximum atomic E-state index is 12.8. The molecule has 0 aliphatic rings. The van der Waals surface area contributed by atoms with Gasteiger partial charge in [0.1, 0.15) is 0 Å². The molecule has 2 N–H and O–H groups in total. The Kier molecular flexibility index (Phi) is 7.57. The van der Waals surface area contributed by atoms with Gasteiger partial charge in [-0.1, -0.05) is 36.4 Å². The van der Waals surface area contributed by atoms with Crippen LogP contribution in [0.25, 0.3) is 10.8 Å². The SMILES string of the molecule is COc1ccc(C(=O)Nc2ccc(SC(C)C(=O)Nc3cccc4ccccc34)cc2)cc1OC. The molecule has 0 radical (unpaired) electrons. The molecular weight excluding hydrogens is 460 g/mol. The predicted octanol–water partition coefficient (Wildman–Crippen LogP) is 6.23. The molecule has 0 bridgehead atoms. The van der Waals surface area contributed by atoms with Crippen molar-refractivity contribution in [3.63, 3.8) is 0 Å². The highest BCUT2D eigenvalue weighted by atomic mass is 32.2. The van der Waals surface area contributed by atoms with Gasteiger partial charge in [-0.3, -0.25) is 9.59 Å². The molecule has 178 valence electrons. The second-order valence-corrected chi connectivity index (χ2v) is 9.24. The topological polar surface area (TPSA) is 76.7 Å². The van der Waals surface area contributed by atoms with Crippen molar-refractivity contribution in [2.24, 2.45) is 0 Å². The molecule has 7 heteroatoms. The van der Waals surface area contributed by atoms with Gasteiger partial charge in [-0.05, 0) is 60.8 Å². The van der Waals surface area contributed by atoms with Gasteiger partial charge in [0, 0.05) is 27.2 Å². The maximum absolute atomic E-state index is 12.8. The summed E-state index contributed by atoms with van der Waals surface area (Å²) >= 11 is 1.45. The highest BCUT2D eigenvalue weighted by Crippen LogP contribution is 2.29. The zero-order valence-corrected chi connectivity index (χ0v) is 20.5. The van der Waals surface area contributed by atoms with Crippen molar-refractivity contribution < 1.29 is 19.1 Å². The Balaban J connectivity index is 1.37. The molecule has 0 heterocycles. The molecule has 1 unspecified atom stereocenters. The summed E-state index contributed by atoms with van der Waals surface area (Å²) in [7, 11) is 3.07. The van der Waals surface area contributed by atoms with Crippen molar-refractivity contribution in [2.75, 3.05) is 24.9 Å². The molecule has 0 saturated heterocycles. The minimum Gasteiger partial charge on any atom is -0.493 e. The summed E-state index contributed by atoms with van der Waals surface area (Å²) in [6, 6.07) is 26.2. The highest BCUT2D eigenvalue weighted by Gasteiger charge is 2.16. The molecule has 0 spiro atoms. The summed E-state index contributed by atoms with van der Waals surface area (Å²) in [5.74, 6) is 0.720. The number of nitrogens with one attached hydrogen (secondary N) is 2. The molecular formula is C28H26N2O4S. The Morgan fingerprint density at radius 3 is 2.26 bits per heavy atom. The molecule has 6 nitrogen and oxygen atoms in total. The fourth-order valence-electron chi connectivity index (χ4n) is 3.62. The Morgan fingerprint density at radius 1 is 0.800 bits per heavy atom. The van der Waals surface area contributed by atoms with Gasteiger partial charge in [-0.25, -0.2) is 0 Å². The average Bonchev–Trinajstić information content (AvgIpc) is 2.89. The van der Waals surface area contributed by atoms with Gasteiger partial charge in [0.15, 0.2) is 11.5 Å². The van der Waals surface area contributed by atoms with Crippen LogP contribution < -0.4 is 20.1 Å². The molecule has 4 rings (SSSR count). The number of carbonyl (C=O) groups excluding carboxylic acids is 2. The maximum Gasteiger partial charge on any atom is 0.255 e. The number of hydrogen-bond acceptors (Lipinski definition) is 5. The number of fused-ring (bicyclic) bond motifs is 1. The monoisotopic (exact) mass is 486 g/mol. The summed E-state index contributed by atoms with van der Waals surface area (Å²) in [5.41, 5.74) is 1.91. The lowest BCUT2D eigenvalue weighted by Crippen LogP contribution is -2.22. The first-order valence-electron chi connectivity index (χ1n) is 11.1. The Bertz CT molecular complexity index is 1350. The molecule has 4 aromatic rings. The van der Waals surface area contributed by atoms with Crippen molar-refractivity contribution in [1.82, 2.24) is 0 Å². The van der Waals surface area contributed by atoms with Gasteiger partial charge in [0.2, 0.25) is 5.91 Å². The lowest BCUT2D eigenvalue weighted by Gasteiger charge is -2.14. The van der Waals surface area contributed by atoms with E-state index in [0.717, 1.165) is 21.4 Å². The number of anilines is 2. The van der Waals surface area contributed by atoms with Gasteiger partial charge in [-0.15, -0.1) is 11.8 Å². The predicted molar refractivity (Wildman–Crippen MR) is 142 cm³/mol. The molecule has 0 aliphatic carbocycles. The molecule has 0 fully saturated rings. The number of ether oxygens (including phenoxy) is 2. The summed E-state index contributed by atoms with van der Waals surface area (Å²) in [5, 5.41) is 7.70. The van der Waals surface area contributed by atoms with Gasteiger partial charge < -0.3 is 20.1 Å². The molecule has 4 aromatic carbocycles. The van der Waals surface area contributed by atoms with Crippen LogP contribution in [-0.2, 0) is 4.79 Å². The third-order valence-electron chi connectivity index (χ3n) is 5.49. The number of rotatable bonds is 8. The molecule has 2 amide bonds. The first-order valence-corrected chi connectivity index (χ1v) is 11.9. The Labute approximate surface area is 208 Å². The normalized spacial score (nSPS) is 11.5. The smallest absolute Gasteiger partial charge is 0.255 e. The summed E-state index contributed by atoms with van der Waals surface area (Å²) in [6.07, 6.45) is 0. The number of hydrogen-bond donors (Lipinski definition) is 2. The Morgan fingerprint density at radius 2 is 1.51 bits per heavy atom.